The van der Waals surface area contributed by atoms with Crippen molar-refractivity contribution in [2.45, 2.75) is 25.3 Å². The molecule has 34 heavy (non-hydrogen) atoms. The lowest BCUT2D eigenvalue weighted by Crippen LogP contribution is -2.31. The fraction of sp³-hybridized carbons (Fsp3) is 0.250. The van der Waals surface area contributed by atoms with Crippen LogP contribution in [0.15, 0.2) is 43.2 Å². The number of halogens is 7. The van der Waals surface area contributed by atoms with Gasteiger partial charge in [-0.3, -0.25) is 4.79 Å². The molecule has 1 amide bonds. The number of nitrogens with zero attached hydrogens (tertiary/aromatic N) is 6. The molecule has 0 saturated carbocycles. The average Bonchev–Trinajstić information content (AvgIpc) is 3.22. The van der Waals surface area contributed by atoms with Crippen molar-refractivity contribution in [1.29, 1.82) is 0 Å². The predicted molar refractivity (Wildman–Crippen MR) is 104 cm³/mol. The molecular formula is C20H15F7N6O. The van der Waals surface area contributed by atoms with E-state index in [-0.39, 0.29) is 17.8 Å². The van der Waals surface area contributed by atoms with E-state index in [4.69, 9.17) is 0 Å². The van der Waals surface area contributed by atoms with E-state index in [0.29, 0.717) is 12.1 Å². The Balaban J connectivity index is 2.00. The van der Waals surface area contributed by atoms with Crippen LogP contribution in [0.1, 0.15) is 46.1 Å². The van der Waals surface area contributed by atoms with E-state index in [1.54, 1.807) is 0 Å². The number of alkyl halides is 6. The Morgan fingerprint density at radius 2 is 1.56 bits per heavy atom. The number of amides is 1. The molecular weight excluding hydrogens is 473 g/mol. The van der Waals surface area contributed by atoms with Crippen LogP contribution < -0.4 is 0 Å². The van der Waals surface area contributed by atoms with Gasteiger partial charge in [0.1, 0.15) is 0 Å². The van der Waals surface area contributed by atoms with E-state index in [9.17, 15) is 35.5 Å². The molecule has 0 saturated heterocycles. The second-order valence-electron chi connectivity index (χ2n) is 7.05. The van der Waals surface area contributed by atoms with Gasteiger partial charge in [-0.15, -0.1) is 5.10 Å². The van der Waals surface area contributed by atoms with Crippen LogP contribution in [0.2, 0.25) is 0 Å². The quantitative estimate of drug-likeness (QED) is 0.479. The lowest BCUT2D eigenvalue weighted by Gasteiger charge is -2.23. The summed E-state index contributed by atoms with van der Waals surface area (Å²) in [6, 6.07) is 0.950. The highest BCUT2D eigenvalue weighted by Crippen LogP contribution is 2.37. The summed E-state index contributed by atoms with van der Waals surface area (Å²) in [4.78, 5) is 25.4. The van der Waals surface area contributed by atoms with E-state index in [1.807, 2.05) is 0 Å². The highest BCUT2D eigenvalue weighted by molar-refractivity contribution is 5.94. The van der Waals surface area contributed by atoms with Gasteiger partial charge in [0.2, 0.25) is 0 Å². The molecule has 0 radical (unpaired) electrons. The zero-order chi connectivity index (χ0) is 25.4. The van der Waals surface area contributed by atoms with Gasteiger partial charge in [0, 0.05) is 25.0 Å². The van der Waals surface area contributed by atoms with Crippen LogP contribution in [0.5, 0.6) is 0 Å². The summed E-state index contributed by atoms with van der Waals surface area (Å²) in [5.41, 5.74) is -4.12. The highest BCUT2D eigenvalue weighted by atomic mass is 19.4. The predicted octanol–water partition coefficient (Wildman–Crippen LogP) is 4.87. The Kier molecular flexibility index (Phi) is 6.44. The number of rotatable bonds is 5. The summed E-state index contributed by atoms with van der Waals surface area (Å²) < 4.78 is 93.7. The van der Waals surface area contributed by atoms with Crippen molar-refractivity contribution >= 4 is 11.7 Å². The number of hydrogen-bond acceptors (Lipinski definition) is 5. The second-order valence-corrected chi connectivity index (χ2v) is 7.05. The molecule has 14 heteroatoms. The van der Waals surface area contributed by atoms with Gasteiger partial charge in [0.15, 0.2) is 17.5 Å². The van der Waals surface area contributed by atoms with E-state index < -0.39 is 52.6 Å². The van der Waals surface area contributed by atoms with Crippen molar-refractivity contribution in [2.24, 2.45) is 0 Å². The third-order valence-corrected chi connectivity index (χ3v) is 4.72. The minimum Gasteiger partial charge on any atom is -0.332 e. The topological polar surface area (TPSA) is 76.8 Å². The molecule has 0 aliphatic carbocycles. The fourth-order valence-electron chi connectivity index (χ4n) is 2.85. The van der Waals surface area contributed by atoms with Gasteiger partial charge >= 0.3 is 12.4 Å². The number of benzene rings is 1. The summed E-state index contributed by atoms with van der Waals surface area (Å²) >= 11 is 0. The maximum absolute atomic E-state index is 13.9. The van der Waals surface area contributed by atoms with Crippen LogP contribution in [0.25, 0.3) is 11.8 Å². The summed E-state index contributed by atoms with van der Waals surface area (Å²) in [6.45, 7) is 4.49. The Hall–Kier alpha value is -3.84. The van der Waals surface area contributed by atoms with Crippen LogP contribution in [0, 0.1) is 0 Å². The highest BCUT2D eigenvalue weighted by Gasteiger charge is 2.38. The monoisotopic (exact) mass is 488 g/mol. The smallest absolute Gasteiger partial charge is 0.332 e. The molecule has 0 bridgehead atoms. The SMILES string of the molecule is C=C(F)c1nc(C(C)N(C)C(=O)c2cc(C(F)(F)F)cc(C(F)(F)F)c2)nn1-c1ncccn1. The number of carbonyl (C=O) groups excluding carboxylic acids is 1. The molecule has 180 valence electrons. The van der Waals surface area contributed by atoms with E-state index >= 15 is 0 Å². The van der Waals surface area contributed by atoms with Crippen molar-refractivity contribution in [1.82, 2.24) is 29.6 Å². The first-order chi connectivity index (χ1) is 15.7. The van der Waals surface area contributed by atoms with Crippen LogP contribution in [-0.2, 0) is 12.4 Å². The first-order valence-corrected chi connectivity index (χ1v) is 9.36. The maximum Gasteiger partial charge on any atom is 0.416 e. The summed E-state index contributed by atoms with van der Waals surface area (Å²) in [5.74, 6) is -2.84. The van der Waals surface area contributed by atoms with Gasteiger partial charge in [0.05, 0.1) is 17.2 Å². The minimum atomic E-state index is -5.12. The standard InChI is InChI=1S/C20H15F7N6O/c1-10(21)16-30-15(31-33(16)18-28-5-4-6-29-18)11(2)32(3)17(34)12-7-13(19(22,23)24)9-14(8-12)20(25,26)27/h4-9,11H,1H2,2-3H3. The minimum absolute atomic E-state index is 0.0797. The molecule has 3 rings (SSSR count). The zero-order valence-corrected chi connectivity index (χ0v) is 17.5. The van der Waals surface area contributed by atoms with E-state index in [1.165, 1.54) is 25.4 Å². The number of hydrogen-bond donors (Lipinski definition) is 0. The van der Waals surface area contributed by atoms with E-state index in [0.717, 1.165) is 16.6 Å². The van der Waals surface area contributed by atoms with Gasteiger partial charge in [0.25, 0.3) is 11.9 Å². The molecule has 1 unspecified atom stereocenters. The molecule has 3 aromatic rings. The van der Waals surface area contributed by atoms with Crippen molar-refractivity contribution in [3.8, 4) is 5.95 Å². The average molecular weight is 488 g/mol. The molecule has 2 aromatic heterocycles. The molecule has 0 aliphatic heterocycles. The summed E-state index contributed by atoms with van der Waals surface area (Å²) in [7, 11) is 1.13. The van der Waals surface area contributed by atoms with Crippen LogP contribution in [0.4, 0.5) is 30.7 Å². The Labute approximate surface area is 187 Å². The molecule has 1 aromatic carbocycles. The third kappa shape index (κ3) is 5.05. The molecule has 0 N–H and O–H groups in total. The van der Waals surface area contributed by atoms with Crippen molar-refractivity contribution < 1.29 is 35.5 Å². The van der Waals surface area contributed by atoms with Crippen molar-refractivity contribution in [2.75, 3.05) is 7.05 Å². The van der Waals surface area contributed by atoms with Gasteiger partial charge in [-0.2, -0.15) is 31.0 Å². The number of carbonyl (C=O) groups is 1. The lowest BCUT2D eigenvalue weighted by molar-refractivity contribution is -0.143. The van der Waals surface area contributed by atoms with Gasteiger partial charge < -0.3 is 4.90 Å². The zero-order valence-electron chi connectivity index (χ0n) is 17.5. The first kappa shape index (κ1) is 24.8. The molecule has 0 fully saturated rings. The van der Waals surface area contributed by atoms with Gasteiger partial charge in [-0.25, -0.2) is 19.3 Å². The Bertz CT molecular complexity index is 1190. The third-order valence-electron chi connectivity index (χ3n) is 4.72. The lowest BCUT2D eigenvalue weighted by atomic mass is 10.0. The molecule has 1 atom stereocenters. The molecule has 0 spiro atoms. The molecule has 7 nitrogen and oxygen atoms in total. The Morgan fingerprint density at radius 3 is 2.03 bits per heavy atom. The second kappa shape index (κ2) is 8.83. The summed E-state index contributed by atoms with van der Waals surface area (Å²) in [6.07, 6.45) is -7.54. The largest absolute Gasteiger partial charge is 0.416 e. The number of aromatic nitrogens is 5. The normalized spacial score (nSPS) is 13.0. The van der Waals surface area contributed by atoms with Crippen LogP contribution >= 0.6 is 0 Å². The van der Waals surface area contributed by atoms with Crippen LogP contribution in [-0.4, -0.2) is 42.6 Å². The molecule has 0 aliphatic rings. The maximum atomic E-state index is 13.9. The molecule has 2 heterocycles. The van der Waals surface area contributed by atoms with Crippen molar-refractivity contribution in [3.63, 3.8) is 0 Å². The fourth-order valence-corrected chi connectivity index (χ4v) is 2.85. The van der Waals surface area contributed by atoms with Gasteiger partial charge in [-0.1, -0.05) is 6.58 Å². The summed E-state index contributed by atoms with van der Waals surface area (Å²) in [5, 5.41) is 4.04. The first-order valence-electron chi connectivity index (χ1n) is 9.36. The van der Waals surface area contributed by atoms with Gasteiger partial charge in [-0.05, 0) is 31.2 Å². The Morgan fingerprint density at radius 1 is 1.03 bits per heavy atom. The van der Waals surface area contributed by atoms with Crippen molar-refractivity contribution in [3.05, 3.63) is 71.6 Å². The van der Waals surface area contributed by atoms with E-state index in [2.05, 4.69) is 26.6 Å². The van der Waals surface area contributed by atoms with Crippen LogP contribution in [0.3, 0.4) is 0 Å².